The molecule has 2 heterocycles. The monoisotopic (exact) mass is 458 g/mol. The summed E-state index contributed by atoms with van der Waals surface area (Å²) in [5.41, 5.74) is 2.74. The number of esters is 1. The van der Waals surface area contributed by atoms with Crippen molar-refractivity contribution in [3.05, 3.63) is 82.6 Å². The normalized spacial score (nSPS) is 17.5. The van der Waals surface area contributed by atoms with Crippen LogP contribution in [0.4, 0.5) is 0 Å². The van der Waals surface area contributed by atoms with Gasteiger partial charge < -0.3 is 23.7 Å². The van der Waals surface area contributed by atoms with Crippen LogP contribution in [0.25, 0.3) is 6.08 Å². The van der Waals surface area contributed by atoms with Gasteiger partial charge in [-0.1, -0.05) is 18.2 Å². The van der Waals surface area contributed by atoms with E-state index in [9.17, 15) is 9.59 Å². The second-order valence-electron chi connectivity index (χ2n) is 7.91. The second kappa shape index (κ2) is 8.59. The van der Waals surface area contributed by atoms with Gasteiger partial charge in [-0.15, -0.1) is 0 Å². The highest BCUT2D eigenvalue weighted by Crippen LogP contribution is 2.49. The van der Waals surface area contributed by atoms with E-state index in [0.717, 1.165) is 11.1 Å². The van der Waals surface area contributed by atoms with E-state index in [-0.39, 0.29) is 29.9 Å². The maximum atomic E-state index is 13.2. The zero-order valence-corrected chi connectivity index (χ0v) is 18.9. The van der Waals surface area contributed by atoms with E-state index >= 15 is 0 Å². The molecule has 7 nitrogen and oxygen atoms in total. The molecular formula is C27H22O7. The average Bonchev–Trinajstić information content (AvgIpc) is 3.18. The minimum absolute atomic E-state index is 0.141. The van der Waals surface area contributed by atoms with Crippen molar-refractivity contribution in [2.75, 3.05) is 21.3 Å². The third-order valence-electron chi connectivity index (χ3n) is 6.00. The lowest BCUT2D eigenvalue weighted by Gasteiger charge is -2.26. The van der Waals surface area contributed by atoms with Crippen LogP contribution < -0.4 is 23.7 Å². The number of fused-ring (bicyclic) bond motifs is 3. The fourth-order valence-corrected chi connectivity index (χ4v) is 4.32. The van der Waals surface area contributed by atoms with Crippen LogP contribution >= 0.6 is 0 Å². The van der Waals surface area contributed by atoms with Crippen LogP contribution in [0.2, 0.25) is 0 Å². The van der Waals surface area contributed by atoms with Crippen LogP contribution in [-0.2, 0) is 4.79 Å². The first-order chi connectivity index (χ1) is 16.5. The van der Waals surface area contributed by atoms with E-state index < -0.39 is 0 Å². The molecule has 5 rings (SSSR count). The molecule has 0 bridgehead atoms. The van der Waals surface area contributed by atoms with Crippen molar-refractivity contribution < 1.29 is 33.3 Å². The van der Waals surface area contributed by atoms with Crippen molar-refractivity contribution >= 4 is 17.8 Å². The predicted molar refractivity (Wildman–Crippen MR) is 124 cm³/mol. The average molecular weight is 458 g/mol. The lowest BCUT2D eigenvalue weighted by molar-refractivity contribution is -0.135. The summed E-state index contributed by atoms with van der Waals surface area (Å²) in [5.74, 6) is 1.96. The van der Waals surface area contributed by atoms with Crippen molar-refractivity contribution in [2.24, 2.45) is 0 Å². The van der Waals surface area contributed by atoms with Crippen LogP contribution in [-0.4, -0.2) is 33.1 Å². The molecule has 34 heavy (non-hydrogen) atoms. The Morgan fingerprint density at radius 1 is 0.853 bits per heavy atom. The highest BCUT2D eigenvalue weighted by Gasteiger charge is 2.38. The molecule has 3 aromatic rings. The molecule has 0 fully saturated rings. The molecule has 172 valence electrons. The molecule has 0 saturated carbocycles. The van der Waals surface area contributed by atoms with Gasteiger partial charge in [-0.2, -0.15) is 0 Å². The third-order valence-corrected chi connectivity index (χ3v) is 6.00. The molecular weight excluding hydrogens is 436 g/mol. The first kappa shape index (κ1) is 21.6. The SMILES string of the molecule is COc1ccc(C2CC(=O)Oc3ccc4c(c32)OC(=Cc2ccc(OC)c(OC)c2)C4=O)cc1. The lowest BCUT2D eigenvalue weighted by Crippen LogP contribution is -2.21. The number of carbonyl (C=O) groups is 2. The Hall–Kier alpha value is -4.26. The molecule has 0 N–H and O–H groups in total. The highest BCUT2D eigenvalue weighted by atomic mass is 16.5. The fraction of sp³-hybridized carbons (Fsp3) is 0.185. The van der Waals surface area contributed by atoms with Crippen molar-refractivity contribution in [3.63, 3.8) is 0 Å². The zero-order valence-electron chi connectivity index (χ0n) is 18.9. The van der Waals surface area contributed by atoms with Gasteiger partial charge in [0.15, 0.2) is 17.3 Å². The molecule has 0 aromatic heterocycles. The molecule has 7 heteroatoms. The summed E-state index contributed by atoms with van der Waals surface area (Å²) in [6.07, 6.45) is 1.80. The Labute approximate surface area is 196 Å². The fourth-order valence-electron chi connectivity index (χ4n) is 4.32. The largest absolute Gasteiger partial charge is 0.497 e. The van der Waals surface area contributed by atoms with Crippen molar-refractivity contribution in [1.82, 2.24) is 0 Å². The smallest absolute Gasteiger partial charge is 0.312 e. The topological polar surface area (TPSA) is 80.3 Å². The summed E-state index contributed by atoms with van der Waals surface area (Å²) in [7, 11) is 4.71. The molecule has 0 aliphatic carbocycles. The van der Waals surface area contributed by atoms with Gasteiger partial charge in [0.1, 0.15) is 17.2 Å². The van der Waals surface area contributed by atoms with Crippen LogP contribution in [0.3, 0.4) is 0 Å². The first-order valence-electron chi connectivity index (χ1n) is 10.7. The van der Waals surface area contributed by atoms with Crippen LogP contribution in [0.1, 0.15) is 39.4 Å². The van der Waals surface area contributed by atoms with Gasteiger partial charge in [-0.05, 0) is 53.6 Å². The standard InChI is InChI=1S/C27H22O7/c1-30-17-7-5-16(6-8-17)19-14-24(28)33-21-11-9-18-26(29)23(34-27(18)25(19)21)13-15-4-10-20(31-2)22(12-15)32-3/h4-13,19H,14H2,1-3H3. The summed E-state index contributed by atoms with van der Waals surface area (Å²) < 4.78 is 27.5. The molecule has 0 spiro atoms. The maximum absolute atomic E-state index is 13.2. The first-order valence-corrected chi connectivity index (χ1v) is 10.7. The van der Waals surface area contributed by atoms with E-state index in [1.54, 1.807) is 51.7 Å². The molecule has 1 unspecified atom stereocenters. The number of hydrogen-bond acceptors (Lipinski definition) is 7. The number of methoxy groups -OCH3 is 3. The van der Waals surface area contributed by atoms with Crippen molar-refractivity contribution in [2.45, 2.75) is 12.3 Å². The summed E-state index contributed by atoms with van der Waals surface area (Å²) in [5, 5.41) is 0. The Kier molecular flexibility index (Phi) is 5.45. The predicted octanol–water partition coefficient (Wildman–Crippen LogP) is 4.77. The van der Waals surface area contributed by atoms with Crippen LogP contribution in [0, 0.1) is 0 Å². The van der Waals surface area contributed by atoms with Crippen LogP contribution in [0.5, 0.6) is 28.7 Å². The quantitative estimate of drug-likeness (QED) is 0.310. The molecule has 2 aliphatic heterocycles. The molecule has 0 amide bonds. The number of Topliss-reactive ketones (excluding diaryl/α,β-unsaturated/α-hetero) is 1. The summed E-state index contributed by atoms with van der Waals surface area (Å²) >= 11 is 0. The number of ketones is 1. The van der Waals surface area contributed by atoms with E-state index in [1.165, 1.54) is 0 Å². The van der Waals surface area contributed by atoms with Gasteiger partial charge in [-0.25, -0.2) is 0 Å². The number of hydrogen-bond donors (Lipinski definition) is 0. The van der Waals surface area contributed by atoms with Crippen molar-refractivity contribution in [3.8, 4) is 28.7 Å². The van der Waals surface area contributed by atoms with Gasteiger partial charge in [-0.3, -0.25) is 9.59 Å². The minimum Gasteiger partial charge on any atom is -0.497 e. The van der Waals surface area contributed by atoms with Gasteiger partial charge in [0.2, 0.25) is 5.78 Å². The summed E-state index contributed by atoms with van der Waals surface area (Å²) in [4.78, 5) is 25.5. The van der Waals surface area contributed by atoms with E-state index in [2.05, 4.69) is 0 Å². The lowest BCUT2D eigenvalue weighted by atomic mass is 9.84. The highest BCUT2D eigenvalue weighted by molar-refractivity contribution is 6.15. The van der Waals surface area contributed by atoms with Gasteiger partial charge in [0.25, 0.3) is 0 Å². The number of allylic oxidation sites excluding steroid dienone is 1. The molecule has 0 radical (unpaired) electrons. The Morgan fingerprint density at radius 2 is 1.62 bits per heavy atom. The van der Waals surface area contributed by atoms with Gasteiger partial charge >= 0.3 is 5.97 Å². The minimum atomic E-state index is -0.335. The third kappa shape index (κ3) is 3.65. The Bertz CT molecular complexity index is 1320. The summed E-state index contributed by atoms with van der Waals surface area (Å²) in [6.45, 7) is 0. The van der Waals surface area contributed by atoms with Crippen LogP contribution in [0.15, 0.2) is 60.4 Å². The van der Waals surface area contributed by atoms with E-state index in [1.807, 2.05) is 30.3 Å². The van der Waals surface area contributed by atoms with E-state index in [4.69, 9.17) is 23.7 Å². The zero-order chi connectivity index (χ0) is 23.8. The Balaban J connectivity index is 1.56. The molecule has 1 atom stereocenters. The number of rotatable bonds is 5. The molecule has 2 aliphatic rings. The van der Waals surface area contributed by atoms with Crippen molar-refractivity contribution in [1.29, 1.82) is 0 Å². The molecule has 0 saturated heterocycles. The Morgan fingerprint density at radius 3 is 2.32 bits per heavy atom. The maximum Gasteiger partial charge on any atom is 0.312 e. The van der Waals surface area contributed by atoms with E-state index in [0.29, 0.717) is 39.9 Å². The van der Waals surface area contributed by atoms with Gasteiger partial charge in [0.05, 0.1) is 33.3 Å². The number of ether oxygens (including phenoxy) is 5. The molecule has 3 aromatic carbocycles. The van der Waals surface area contributed by atoms with Gasteiger partial charge in [0, 0.05) is 11.5 Å². The second-order valence-corrected chi connectivity index (χ2v) is 7.91. The number of benzene rings is 3. The number of carbonyl (C=O) groups excluding carboxylic acids is 2. The summed E-state index contributed by atoms with van der Waals surface area (Å²) in [6, 6.07) is 16.1.